The minimum Gasteiger partial charge on any atom is -0.390 e. The van der Waals surface area contributed by atoms with Gasteiger partial charge in [-0.05, 0) is 31.6 Å². The predicted molar refractivity (Wildman–Crippen MR) is 68.0 cm³/mol. The molecule has 1 N–H and O–H groups in total. The van der Waals surface area contributed by atoms with Crippen LogP contribution in [0.25, 0.3) is 0 Å². The molecule has 0 amide bonds. The summed E-state index contributed by atoms with van der Waals surface area (Å²) in [6, 6.07) is 0. The maximum absolute atomic E-state index is 10.5. The van der Waals surface area contributed by atoms with Crippen molar-refractivity contribution in [2.45, 2.75) is 43.5 Å². The van der Waals surface area contributed by atoms with Gasteiger partial charge in [-0.25, -0.2) is 0 Å². The smallest absolute Gasteiger partial charge is 0.107 e. The summed E-state index contributed by atoms with van der Waals surface area (Å²) in [5.41, 5.74) is -0.0718. The highest BCUT2D eigenvalue weighted by Crippen LogP contribution is 2.39. The van der Waals surface area contributed by atoms with Crippen LogP contribution in [0.4, 0.5) is 0 Å². The molecule has 1 spiro atoms. The number of rotatable bonds is 2. The Hall–Kier alpha value is -0.200. The second-order valence-electron chi connectivity index (χ2n) is 5.87. The summed E-state index contributed by atoms with van der Waals surface area (Å²) in [6.45, 7) is 4.00. The zero-order chi connectivity index (χ0) is 13.1. The Bertz CT molecular complexity index is 278. The standard InChI is InChI=1S/C14H24O5/c15-13(12-10-17-7-8-18-12)11-1-4-19-14(9-11)2-5-16-6-3-14/h11-13,15H,1-10H2. The van der Waals surface area contributed by atoms with Gasteiger partial charge < -0.3 is 24.1 Å². The van der Waals surface area contributed by atoms with Crippen molar-refractivity contribution in [2.75, 3.05) is 39.6 Å². The van der Waals surface area contributed by atoms with Gasteiger partial charge in [0.25, 0.3) is 0 Å². The molecule has 110 valence electrons. The molecular weight excluding hydrogens is 248 g/mol. The molecule has 5 heteroatoms. The Labute approximate surface area is 114 Å². The van der Waals surface area contributed by atoms with Crippen LogP contribution in [0.1, 0.15) is 25.7 Å². The fourth-order valence-electron chi connectivity index (χ4n) is 3.46. The van der Waals surface area contributed by atoms with Crippen LogP contribution in [0.5, 0.6) is 0 Å². The highest BCUT2D eigenvalue weighted by molar-refractivity contribution is 4.92. The predicted octanol–water partition coefficient (Wildman–Crippen LogP) is 0.738. The first-order valence-electron chi connectivity index (χ1n) is 7.38. The molecule has 3 heterocycles. The zero-order valence-electron chi connectivity index (χ0n) is 11.4. The quantitative estimate of drug-likeness (QED) is 0.803. The molecule has 0 aromatic carbocycles. The summed E-state index contributed by atoms with van der Waals surface area (Å²) in [7, 11) is 0. The molecule has 3 rings (SSSR count). The van der Waals surface area contributed by atoms with Crippen LogP contribution in [0.15, 0.2) is 0 Å². The van der Waals surface area contributed by atoms with Gasteiger partial charge in [0.05, 0.1) is 31.5 Å². The molecule has 3 atom stereocenters. The largest absolute Gasteiger partial charge is 0.390 e. The number of aliphatic hydroxyl groups excluding tert-OH is 1. The molecule has 5 nitrogen and oxygen atoms in total. The van der Waals surface area contributed by atoms with Crippen LogP contribution in [-0.4, -0.2) is 62.6 Å². The lowest BCUT2D eigenvalue weighted by molar-refractivity contribution is -0.186. The van der Waals surface area contributed by atoms with E-state index in [0.717, 1.165) is 45.5 Å². The summed E-state index contributed by atoms with van der Waals surface area (Å²) in [5, 5.41) is 10.5. The maximum atomic E-state index is 10.5. The van der Waals surface area contributed by atoms with Crippen molar-refractivity contribution in [3.05, 3.63) is 0 Å². The van der Waals surface area contributed by atoms with Crippen molar-refractivity contribution < 1.29 is 24.1 Å². The zero-order valence-corrected chi connectivity index (χ0v) is 11.4. The molecule has 3 aliphatic heterocycles. The Balaban J connectivity index is 1.60. The van der Waals surface area contributed by atoms with Gasteiger partial charge >= 0.3 is 0 Å². The second-order valence-corrected chi connectivity index (χ2v) is 5.87. The van der Waals surface area contributed by atoms with Gasteiger partial charge in [-0.2, -0.15) is 0 Å². The van der Waals surface area contributed by atoms with E-state index >= 15 is 0 Å². The van der Waals surface area contributed by atoms with Crippen molar-refractivity contribution in [1.82, 2.24) is 0 Å². The van der Waals surface area contributed by atoms with Crippen molar-refractivity contribution in [3.63, 3.8) is 0 Å². The van der Waals surface area contributed by atoms with Crippen LogP contribution in [0.3, 0.4) is 0 Å². The Morgan fingerprint density at radius 1 is 1.00 bits per heavy atom. The molecule has 0 saturated carbocycles. The minimum absolute atomic E-state index is 0.0718. The highest BCUT2D eigenvalue weighted by Gasteiger charge is 2.43. The number of hydrogen-bond acceptors (Lipinski definition) is 5. The lowest BCUT2D eigenvalue weighted by atomic mass is 9.77. The van der Waals surface area contributed by atoms with E-state index in [0.29, 0.717) is 19.8 Å². The van der Waals surface area contributed by atoms with Crippen molar-refractivity contribution in [3.8, 4) is 0 Å². The third kappa shape index (κ3) is 3.11. The molecular formula is C14H24O5. The van der Waals surface area contributed by atoms with Gasteiger partial charge in [0.1, 0.15) is 6.10 Å². The molecule has 0 bridgehead atoms. The van der Waals surface area contributed by atoms with Gasteiger partial charge in [0.2, 0.25) is 0 Å². The van der Waals surface area contributed by atoms with E-state index in [4.69, 9.17) is 18.9 Å². The molecule has 0 aromatic rings. The van der Waals surface area contributed by atoms with Crippen LogP contribution >= 0.6 is 0 Å². The number of aliphatic hydroxyl groups is 1. The number of hydrogen-bond donors (Lipinski definition) is 1. The summed E-state index contributed by atoms with van der Waals surface area (Å²) in [6.07, 6.45) is 3.09. The topological polar surface area (TPSA) is 57.2 Å². The van der Waals surface area contributed by atoms with E-state index < -0.39 is 6.10 Å². The SMILES string of the molecule is OC(C1CCOC2(CCOCC2)C1)C1COCCO1. The van der Waals surface area contributed by atoms with E-state index in [1.165, 1.54) is 0 Å². The summed E-state index contributed by atoms with van der Waals surface area (Å²) < 4.78 is 22.5. The third-order valence-electron chi connectivity index (χ3n) is 4.64. The van der Waals surface area contributed by atoms with Crippen LogP contribution in [0.2, 0.25) is 0 Å². The fraction of sp³-hybridized carbons (Fsp3) is 1.00. The van der Waals surface area contributed by atoms with E-state index in [2.05, 4.69) is 0 Å². The number of ether oxygens (including phenoxy) is 4. The van der Waals surface area contributed by atoms with E-state index in [-0.39, 0.29) is 17.6 Å². The molecule has 3 unspecified atom stereocenters. The van der Waals surface area contributed by atoms with Gasteiger partial charge in [0, 0.05) is 19.8 Å². The Morgan fingerprint density at radius 2 is 1.84 bits per heavy atom. The monoisotopic (exact) mass is 272 g/mol. The molecule has 3 aliphatic rings. The first-order chi connectivity index (χ1) is 9.29. The first kappa shape index (κ1) is 13.8. The average Bonchev–Trinajstić information content (AvgIpc) is 2.48. The first-order valence-corrected chi connectivity index (χ1v) is 7.38. The van der Waals surface area contributed by atoms with Crippen LogP contribution in [0, 0.1) is 5.92 Å². The van der Waals surface area contributed by atoms with E-state index in [1.807, 2.05) is 0 Å². The van der Waals surface area contributed by atoms with E-state index in [9.17, 15) is 5.11 Å². The lowest BCUT2D eigenvalue weighted by Crippen LogP contribution is -2.50. The average molecular weight is 272 g/mol. The highest BCUT2D eigenvalue weighted by atomic mass is 16.6. The molecule has 0 aliphatic carbocycles. The second kappa shape index (κ2) is 6.06. The van der Waals surface area contributed by atoms with Crippen molar-refractivity contribution >= 4 is 0 Å². The van der Waals surface area contributed by atoms with Gasteiger partial charge in [-0.15, -0.1) is 0 Å². The molecule has 3 fully saturated rings. The summed E-state index contributed by atoms with van der Waals surface area (Å²) in [5.74, 6) is 0.249. The maximum Gasteiger partial charge on any atom is 0.107 e. The summed E-state index contributed by atoms with van der Waals surface area (Å²) >= 11 is 0. The van der Waals surface area contributed by atoms with Crippen molar-refractivity contribution in [1.29, 1.82) is 0 Å². The van der Waals surface area contributed by atoms with E-state index in [1.54, 1.807) is 0 Å². The molecule has 0 radical (unpaired) electrons. The minimum atomic E-state index is -0.441. The fourth-order valence-corrected chi connectivity index (χ4v) is 3.46. The molecule has 19 heavy (non-hydrogen) atoms. The van der Waals surface area contributed by atoms with Crippen LogP contribution in [-0.2, 0) is 18.9 Å². The molecule has 0 aromatic heterocycles. The van der Waals surface area contributed by atoms with Crippen LogP contribution < -0.4 is 0 Å². The van der Waals surface area contributed by atoms with Gasteiger partial charge in [-0.1, -0.05) is 0 Å². The van der Waals surface area contributed by atoms with Crippen molar-refractivity contribution in [2.24, 2.45) is 5.92 Å². The summed E-state index contributed by atoms with van der Waals surface area (Å²) in [4.78, 5) is 0. The normalized spacial score (nSPS) is 37.1. The third-order valence-corrected chi connectivity index (χ3v) is 4.64. The molecule has 3 saturated heterocycles. The lowest BCUT2D eigenvalue weighted by Gasteiger charge is -2.45. The Morgan fingerprint density at radius 3 is 2.58 bits per heavy atom. The Kier molecular flexibility index (Phi) is 4.39. The van der Waals surface area contributed by atoms with Gasteiger partial charge in [0.15, 0.2) is 0 Å². The van der Waals surface area contributed by atoms with Gasteiger partial charge in [-0.3, -0.25) is 0 Å².